The molecule has 14 heteroatoms. The number of likely N-dealkylation sites (tertiary alicyclic amines) is 1. The summed E-state index contributed by atoms with van der Waals surface area (Å²) in [6, 6.07) is -2.64. The first-order valence-corrected chi connectivity index (χ1v) is 10.4. The van der Waals surface area contributed by atoms with Crippen molar-refractivity contribution >= 4 is 35.6 Å². The van der Waals surface area contributed by atoms with Gasteiger partial charge in [0.05, 0.1) is 0 Å². The number of nitrogens with one attached hydrogen (secondary N) is 3. The Bertz CT molecular complexity index is 788. The lowest BCUT2D eigenvalue weighted by Gasteiger charge is -2.29. The molecule has 0 radical (unpaired) electrons. The molecule has 4 atom stereocenters. The lowest BCUT2D eigenvalue weighted by molar-refractivity contribution is -0.143. The Balaban J connectivity index is 2.69. The number of nitrogens with zero attached hydrogens (tertiary/aromatic N) is 3. The van der Waals surface area contributed by atoms with E-state index in [4.69, 9.17) is 10.6 Å². The molecular formula is C19H33N7O7. The fourth-order valence-electron chi connectivity index (χ4n) is 3.18. The zero-order valence-corrected chi connectivity index (χ0v) is 19.7. The minimum Gasteiger partial charge on any atom is -0.435 e. The van der Waals surface area contributed by atoms with Crippen molar-refractivity contribution in [3.05, 3.63) is 0 Å². The monoisotopic (exact) mass is 471 g/mol. The van der Waals surface area contributed by atoms with Gasteiger partial charge in [0.1, 0.15) is 18.1 Å². The van der Waals surface area contributed by atoms with Crippen LogP contribution >= 0.6 is 0 Å². The van der Waals surface area contributed by atoms with Gasteiger partial charge in [-0.15, -0.1) is 0 Å². The molecular weight excluding hydrogens is 438 g/mol. The Kier molecular flexibility index (Phi) is 10.0. The predicted molar refractivity (Wildman–Crippen MR) is 114 cm³/mol. The summed E-state index contributed by atoms with van der Waals surface area (Å²) in [5, 5.41) is 6.48. The van der Waals surface area contributed by atoms with Gasteiger partial charge in [0.25, 0.3) is 11.8 Å². The fraction of sp³-hybridized carbons (Fsp3) is 0.684. The Hall–Kier alpha value is -3.42. The zero-order chi connectivity index (χ0) is 25.5. The molecule has 0 aromatic heterocycles. The molecule has 0 saturated carbocycles. The summed E-state index contributed by atoms with van der Waals surface area (Å²) < 4.78 is 4.95. The van der Waals surface area contributed by atoms with E-state index in [0.29, 0.717) is 19.4 Å². The Morgan fingerprint density at radius 2 is 1.64 bits per heavy atom. The molecule has 5 N–H and O–H groups in total. The minimum absolute atomic E-state index is 0.293. The number of carbonyl (C=O) groups excluding carboxylic acids is 6. The van der Waals surface area contributed by atoms with E-state index in [-0.39, 0.29) is 5.91 Å². The highest BCUT2D eigenvalue weighted by Crippen LogP contribution is 2.19. The maximum atomic E-state index is 12.8. The molecule has 1 rings (SSSR count). The van der Waals surface area contributed by atoms with Crippen LogP contribution in [0.2, 0.25) is 0 Å². The van der Waals surface area contributed by atoms with Crippen molar-refractivity contribution in [3.8, 4) is 0 Å². The van der Waals surface area contributed by atoms with Crippen LogP contribution in [0.4, 0.5) is 4.79 Å². The van der Waals surface area contributed by atoms with Crippen LogP contribution in [0.15, 0.2) is 0 Å². The van der Waals surface area contributed by atoms with Gasteiger partial charge in [0.15, 0.2) is 6.10 Å². The van der Waals surface area contributed by atoms with E-state index in [1.54, 1.807) is 0 Å². The summed E-state index contributed by atoms with van der Waals surface area (Å²) in [7, 11) is 2.53. The first kappa shape index (κ1) is 27.6. The number of ether oxygens (including phenoxy) is 1. The number of hydrazine groups is 2. The first-order valence-electron chi connectivity index (χ1n) is 10.4. The van der Waals surface area contributed by atoms with E-state index in [9.17, 15) is 28.8 Å². The SMILES string of the molecule is CC(=O)N[C@@H](C)C(=O)N[C@@H](C)C(=O)N1CCC[C@H]1C(=O)NN(C)C(=O)O[C@@H](C)C(=O)N(C)N. The van der Waals surface area contributed by atoms with E-state index in [1.165, 1.54) is 46.7 Å². The summed E-state index contributed by atoms with van der Waals surface area (Å²) in [5.74, 6) is 2.64. The van der Waals surface area contributed by atoms with Gasteiger partial charge < -0.3 is 20.3 Å². The third kappa shape index (κ3) is 7.89. The summed E-state index contributed by atoms with van der Waals surface area (Å²) in [6.07, 6.45) is -1.25. The third-order valence-electron chi connectivity index (χ3n) is 4.91. The highest BCUT2D eigenvalue weighted by Gasteiger charge is 2.37. The molecule has 1 aliphatic rings. The van der Waals surface area contributed by atoms with Crippen LogP contribution in [0.1, 0.15) is 40.5 Å². The number of hydrogen-bond acceptors (Lipinski definition) is 8. The second-order valence-corrected chi connectivity index (χ2v) is 7.85. The van der Waals surface area contributed by atoms with Crippen molar-refractivity contribution < 1.29 is 33.5 Å². The molecule has 33 heavy (non-hydrogen) atoms. The molecule has 1 heterocycles. The van der Waals surface area contributed by atoms with Crippen molar-refractivity contribution in [2.75, 3.05) is 20.6 Å². The highest BCUT2D eigenvalue weighted by molar-refractivity contribution is 5.94. The van der Waals surface area contributed by atoms with E-state index < -0.39 is 54.0 Å². The lowest BCUT2D eigenvalue weighted by Crippen LogP contribution is -2.57. The Morgan fingerprint density at radius 1 is 1.03 bits per heavy atom. The van der Waals surface area contributed by atoms with Crippen LogP contribution in [-0.4, -0.2) is 95.4 Å². The number of hydrogen-bond donors (Lipinski definition) is 4. The molecule has 186 valence electrons. The van der Waals surface area contributed by atoms with Crippen LogP contribution in [0.5, 0.6) is 0 Å². The van der Waals surface area contributed by atoms with Crippen LogP contribution < -0.4 is 21.9 Å². The summed E-state index contributed by atoms with van der Waals surface area (Å²) >= 11 is 0. The molecule has 0 aromatic rings. The average Bonchev–Trinajstić information content (AvgIpc) is 3.21. The molecule has 0 bridgehead atoms. The third-order valence-corrected chi connectivity index (χ3v) is 4.91. The van der Waals surface area contributed by atoms with E-state index in [1.807, 2.05) is 0 Å². The molecule has 1 fully saturated rings. The number of nitrogens with two attached hydrogens (primary N) is 1. The Labute approximate surface area is 192 Å². The standard InChI is InChI=1S/C19H33N7O7/c1-10(21-13(4)27)15(28)22-11(2)17(30)26-9-7-8-14(26)16(29)23-25(6)19(32)33-12(3)18(31)24(5)20/h10-12,14H,7-9,20H2,1-6H3,(H,21,27)(H,22,28)(H,23,29)/t10-,11-,12-,14-/m0/s1. The topological polar surface area (TPSA) is 183 Å². The summed E-state index contributed by atoms with van der Waals surface area (Å²) in [6.45, 7) is 5.85. The molecule has 0 spiro atoms. The normalized spacial score (nSPS) is 17.8. The number of likely N-dealkylation sites (N-methyl/N-ethyl adjacent to an activating group) is 1. The molecule has 0 unspecified atom stereocenters. The molecule has 6 amide bonds. The average molecular weight is 472 g/mol. The van der Waals surface area contributed by atoms with Gasteiger partial charge in [-0.3, -0.25) is 34.4 Å². The van der Waals surface area contributed by atoms with Crippen LogP contribution in [0, 0.1) is 0 Å². The van der Waals surface area contributed by atoms with Gasteiger partial charge in [-0.2, -0.15) is 0 Å². The largest absolute Gasteiger partial charge is 0.435 e. The van der Waals surface area contributed by atoms with Gasteiger partial charge in [0.2, 0.25) is 17.7 Å². The predicted octanol–water partition coefficient (Wildman–Crippen LogP) is -2.17. The smallest absolute Gasteiger partial charge is 0.429 e. The number of rotatable bonds is 7. The second kappa shape index (κ2) is 12.0. The van der Waals surface area contributed by atoms with Crippen LogP contribution in [0.25, 0.3) is 0 Å². The van der Waals surface area contributed by atoms with Crippen LogP contribution in [-0.2, 0) is 28.7 Å². The van der Waals surface area contributed by atoms with E-state index in [2.05, 4.69) is 16.1 Å². The van der Waals surface area contributed by atoms with Crippen molar-refractivity contribution in [2.45, 2.75) is 64.8 Å². The van der Waals surface area contributed by atoms with Crippen LogP contribution in [0.3, 0.4) is 0 Å². The summed E-state index contributed by atoms with van der Waals surface area (Å²) in [4.78, 5) is 73.9. The van der Waals surface area contributed by atoms with Crippen molar-refractivity contribution in [1.29, 1.82) is 0 Å². The van der Waals surface area contributed by atoms with Crippen molar-refractivity contribution in [1.82, 2.24) is 31.0 Å². The number of amides is 6. The van der Waals surface area contributed by atoms with Gasteiger partial charge in [0, 0.05) is 27.6 Å². The fourth-order valence-corrected chi connectivity index (χ4v) is 3.18. The Morgan fingerprint density at radius 3 is 2.18 bits per heavy atom. The maximum absolute atomic E-state index is 12.8. The van der Waals surface area contributed by atoms with Crippen molar-refractivity contribution in [2.24, 2.45) is 5.84 Å². The van der Waals surface area contributed by atoms with Gasteiger partial charge in [-0.05, 0) is 33.6 Å². The van der Waals surface area contributed by atoms with Gasteiger partial charge >= 0.3 is 6.09 Å². The lowest BCUT2D eigenvalue weighted by atomic mass is 10.2. The molecule has 0 aromatic carbocycles. The minimum atomic E-state index is -1.17. The van der Waals surface area contributed by atoms with Crippen molar-refractivity contribution in [3.63, 3.8) is 0 Å². The zero-order valence-electron chi connectivity index (χ0n) is 19.7. The number of carbonyl (C=O) groups is 6. The van der Waals surface area contributed by atoms with Gasteiger partial charge in [-0.1, -0.05) is 0 Å². The van der Waals surface area contributed by atoms with Gasteiger partial charge in [-0.25, -0.2) is 15.6 Å². The highest BCUT2D eigenvalue weighted by atomic mass is 16.6. The van der Waals surface area contributed by atoms with E-state index >= 15 is 0 Å². The first-order chi connectivity index (χ1) is 15.3. The molecule has 0 aliphatic carbocycles. The quantitative estimate of drug-likeness (QED) is 0.184. The second-order valence-electron chi connectivity index (χ2n) is 7.85. The molecule has 1 saturated heterocycles. The molecule has 14 nitrogen and oxygen atoms in total. The molecule has 1 aliphatic heterocycles. The summed E-state index contributed by atoms with van der Waals surface area (Å²) in [5.41, 5.74) is 2.33. The maximum Gasteiger partial charge on any atom is 0.429 e. The van der Waals surface area contributed by atoms with E-state index in [0.717, 1.165) is 10.0 Å².